The van der Waals surface area contributed by atoms with Crippen molar-refractivity contribution in [3.05, 3.63) is 34.9 Å². The zero-order valence-corrected chi connectivity index (χ0v) is 12.5. The highest BCUT2D eigenvalue weighted by molar-refractivity contribution is 5.31. The second-order valence-corrected chi connectivity index (χ2v) is 4.82. The van der Waals surface area contributed by atoms with Crippen molar-refractivity contribution < 1.29 is 0 Å². The van der Waals surface area contributed by atoms with Gasteiger partial charge in [0.2, 0.25) is 0 Å². The topological polar surface area (TPSA) is 3.24 Å². The number of nitrogens with zero attached hydrogens (tertiary/aromatic N) is 1. The Kier molecular flexibility index (Phi) is 8.79. The number of hydrogen-bond donors (Lipinski definition) is 0. The summed E-state index contributed by atoms with van der Waals surface area (Å²) < 4.78 is 0. The zero-order valence-electron chi connectivity index (χ0n) is 12.5. The number of hydrogen-bond acceptors (Lipinski definition) is 1. The van der Waals surface area contributed by atoms with Crippen molar-refractivity contribution in [1.82, 2.24) is 4.90 Å². The van der Waals surface area contributed by atoms with E-state index in [0.717, 1.165) is 0 Å². The van der Waals surface area contributed by atoms with E-state index in [9.17, 15) is 0 Å². The second kappa shape index (κ2) is 9.23. The van der Waals surface area contributed by atoms with Gasteiger partial charge in [0.15, 0.2) is 0 Å². The van der Waals surface area contributed by atoms with Crippen LogP contribution in [0.2, 0.25) is 0 Å². The van der Waals surface area contributed by atoms with E-state index in [1.54, 1.807) is 0 Å². The van der Waals surface area contributed by atoms with Gasteiger partial charge in [0, 0.05) is 0 Å². The molecule has 1 heteroatoms. The maximum atomic E-state index is 2.36. The van der Waals surface area contributed by atoms with E-state index in [1.165, 1.54) is 42.6 Å². The third kappa shape index (κ3) is 7.17. The van der Waals surface area contributed by atoms with Gasteiger partial charge in [-0.05, 0) is 70.4 Å². The Morgan fingerprint density at radius 2 is 1.29 bits per heavy atom. The summed E-state index contributed by atoms with van der Waals surface area (Å²) >= 11 is 0. The molecule has 0 N–H and O–H groups in total. The van der Waals surface area contributed by atoms with Crippen LogP contribution in [0.1, 0.15) is 43.4 Å². The molecule has 0 aliphatic rings. The van der Waals surface area contributed by atoms with Crippen LogP contribution >= 0.6 is 0 Å². The lowest BCUT2D eigenvalue weighted by atomic mass is 10.1. The molecule has 0 heterocycles. The van der Waals surface area contributed by atoms with Crippen molar-refractivity contribution in [1.29, 1.82) is 0 Å². The van der Waals surface area contributed by atoms with Gasteiger partial charge in [-0.25, -0.2) is 0 Å². The smallest absolute Gasteiger partial charge is 0.00244 e. The lowest BCUT2D eigenvalue weighted by Gasteiger charge is -2.12. The third-order valence-electron chi connectivity index (χ3n) is 3.09. The Balaban J connectivity index is 0.000000304. The molecular weight excluding hydrogens is 206 g/mol. The molecule has 98 valence electrons. The summed E-state index contributed by atoms with van der Waals surface area (Å²) in [5.74, 6) is 0. The van der Waals surface area contributed by atoms with Gasteiger partial charge in [0.25, 0.3) is 0 Å². The van der Waals surface area contributed by atoms with Gasteiger partial charge in [0.1, 0.15) is 0 Å². The fourth-order valence-corrected chi connectivity index (χ4v) is 1.77. The highest BCUT2D eigenvalue weighted by Crippen LogP contribution is 2.09. The van der Waals surface area contributed by atoms with Crippen LogP contribution < -0.4 is 0 Å². The van der Waals surface area contributed by atoms with E-state index in [0.29, 0.717) is 0 Å². The lowest BCUT2D eigenvalue weighted by Crippen LogP contribution is -2.19. The van der Waals surface area contributed by atoms with Crippen LogP contribution in [-0.4, -0.2) is 25.0 Å². The van der Waals surface area contributed by atoms with E-state index >= 15 is 0 Å². The van der Waals surface area contributed by atoms with Crippen molar-refractivity contribution in [2.45, 2.75) is 47.5 Å². The van der Waals surface area contributed by atoms with Gasteiger partial charge in [-0.15, -0.1) is 0 Å². The molecule has 0 saturated heterocycles. The molecule has 0 fully saturated rings. The van der Waals surface area contributed by atoms with Crippen LogP contribution in [-0.2, 0) is 0 Å². The Bertz CT molecular complexity index is 278. The van der Waals surface area contributed by atoms with Gasteiger partial charge in [-0.2, -0.15) is 0 Å². The van der Waals surface area contributed by atoms with Crippen molar-refractivity contribution in [3.63, 3.8) is 0 Å². The predicted octanol–water partition coefficient (Wildman–Crippen LogP) is 4.35. The van der Waals surface area contributed by atoms with E-state index in [2.05, 4.69) is 64.8 Å². The Labute approximate surface area is 108 Å². The van der Waals surface area contributed by atoms with Crippen LogP contribution in [0, 0.1) is 20.8 Å². The normalized spacial score (nSPS) is 10.1. The van der Waals surface area contributed by atoms with E-state index in [1.807, 2.05) is 0 Å². The van der Waals surface area contributed by atoms with Crippen LogP contribution in [0.5, 0.6) is 0 Å². The molecule has 1 rings (SSSR count). The first-order chi connectivity index (χ1) is 8.02. The van der Waals surface area contributed by atoms with Crippen LogP contribution in [0.4, 0.5) is 0 Å². The van der Waals surface area contributed by atoms with E-state index in [4.69, 9.17) is 0 Å². The summed E-state index contributed by atoms with van der Waals surface area (Å²) in [5, 5.41) is 0. The van der Waals surface area contributed by atoms with Crippen molar-refractivity contribution in [2.24, 2.45) is 0 Å². The summed E-state index contributed by atoms with van der Waals surface area (Å²) in [4.78, 5) is 2.36. The Morgan fingerprint density at radius 1 is 0.882 bits per heavy atom. The maximum Gasteiger partial charge on any atom is -0.00244 e. The van der Waals surface area contributed by atoms with Gasteiger partial charge in [0.05, 0.1) is 0 Å². The monoisotopic (exact) mass is 235 g/mol. The largest absolute Gasteiger partial charge is 0.306 e. The van der Waals surface area contributed by atoms with E-state index in [-0.39, 0.29) is 0 Å². The fraction of sp³-hybridized carbons (Fsp3) is 0.625. The molecule has 0 radical (unpaired) electrons. The summed E-state index contributed by atoms with van der Waals surface area (Å²) in [6, 6.07) is 6.38. The van der Waals surface area contributed by atoms with Crippen molar-refractivity contribution >= 4 is 0 Å². The first kappa shape index (κ1) is 16.2. The molecule has 0 unspecified atom stereocenters. The van der Waals surface area contributed by atoms with Crippen LogP contribution in [0.3, 0.4) is 0 Å². The van der Waals surface area contributed by atoms with Gasteiger partial charge < -0.3 is 4.90 Å². The van der Waals surface area contributed by atoms with Gasteiger partial charge >= 0.3 is 0 Å². The Hall–Kier alpha value is -0.820. The van der Waals surface area contributed by atoms with Crippen molar-refractivity contribution in [3.8, 4) is 0 Å². The predicted molar refractivity (Wildman–Crippen MR) is 78.7 cm³/mol. The second-order valence-electron chi connectivity index (χ2n) is 4.82. The first-order valence-corrected chi connectivity index (χ1v) is 6.74. The van der Waals surface area contributed by atoms with Crippen LogP contribution in [0.15, 0.2) is 18.2 Å². The summed E-state index contributed by atoms with van der Waals surface area (Å²) in [6.45, 7) is 13.4. The summed E-state index contributed by atoms with van der Waals surface area (Å²) in [7, 11) is 2.17. The standard InChI is InChI=1S/C9H12.C7H17N/c1-7-5-4-6-8(2)9(7)3;1-4-6-8(3)7-5-2/h4-6H,1-3H3;4-7H2,1-3H3. The fourth-order valence-electron chi connectivity index (χ4n) is 1.77. The van der Waals surface area contributed by atoms with Gasteiger partial charge in [-0.1, -0.05) is 32.0 Å². The summed E-state index contributed by atoms with van der Waals surface area (Å²) in [5.41, 5.74) is 4.18. The molecule has 0 amide bonds. The van der Waals surface area contributed by atoms with Gasteiger partial charge in [-0.3, -0.25) is 0 Å². The quantitative estimate of drug-likeness (QED) is 0.750. The zero-order chi connectivity index (χ0) is 13.3. The summed E-state index contributed by atoms with van der Waals surface area (Å²) in [6.07, 6.45) is 2.55. The molecule has 0 aliphatic heterocycles. The molecule has 0 atom stereocenters. The molecule has 17 heavy (non-hydrogen) atoms. The molecule has 1 nitrogen and oxygen atoms in total. The first-order valence-electron chi connectivity index (χ1n) is 6.74. The SMILES string of the molecule is CCCN(C)CCC.Cc1cccc(C)c1C. The minimum absolute atomic E-state index is 1.24. The highest BCUT2D eigenvalue weighted by atomic mass is 15.1. The van der Waals surface area contributed by atoms with Crippen molar-refractivity contribution in [2.75, 3.05) is 20.1 Å². The minimum atomic E-state index is 1.24. The van der Waals surface area contributed by atoms with E-state index < -0.39 is 0 Å². The molecule has 0 aromatic heterocycles. The molecule has 0 spiro atoms. The molecule has 0 aliphatic carbocycles. The Morgan fingerprint density at radius 3 is 1.59 bits per heavy atom. The maximum absolute atomic E-state index is 2.36. The molecule has 0 bridgehead atoms. The number of benzene rings is 1. The molecule has 1 aromatic carbocycles. The molecular formula is C16H29N. The molecule has 1 aromatic rings. The van der Waals surface area contributed by atoms with Crippen LogP contribution in [0.25, 0.3) is 0 Å². The average Bonchev–Trinajstić information content (AvgIpc) is 2.27. The number of aryl methyl sites for hydroxylation is 2. The third-order valence-corrected chi connectivity index (χ3v) is 3.09. The minimum Gasteiger partial charge on any atom is -0.306 e. The number of rotatable bonds is 4. The lowest BCUT2D eigenvalue weighted by molar-refractivity contribution is 0.335. The average molecular weight is 235 g/mol. The highest BCUT2D eigenvalue weighted by Gasteiger charge is 1.92. The molecule has 0 saturated carbocycles.